The number of pyridine rings is 1. The summed E-state index contributed by atoms with van der Waals surface area (Å²) in [6.07, 6.45) is 2.45. The first-order valence-electron chi connectivity index (χ1n) is 9.45. The summed E-state index contributed by atoms with van der Waals surface area (Å²) < 4.78 is 18.4. The lowest BCUT2D eigenvalue weighted by Crippen LogP contribution is -2.45. The molecule has 2 aromatic rings. The van der Waals surface area contributed by atoms with Gasteiger partial charge in [-0.25, -0.2) is 14.0 Å². The average Bonchev–Trinajstić information content (AvgIpc) is 2.78. The van der Waals surface area contributed by atoms with Crippen LogP contribution in [0.25, 0.3) is 0 Å². The van der Waals surface area contributed by atoms with E-state index in [9.17, 15) is 23.6 Å². The summed E-state index contributed by atoms with van der Waals surface area (Å²) in [4.78, 5) is 51.9. The van der Waals surface area contributed by atoms with Gasteiger partial charge in [0.2, 0.25) is 0 Å². The number of carboxylic acids is 1. The molecule has 0 aliphatic carbocycles. The molecule has 0 fully saturated rings. The number of ketones is 1. The fourth-order valence-electron chi connectivity index (χ4n) is 2.70. The highest BCUT2D eigenvalue weighted by Crippen LogP contribution is 2.19. The Kier molecular flexibility index (Phi) is 9.61. The van der Waals surface area contributed by atoms with Crippen molar-refractivity contribution in [2.75, 3.05) is 23.9 Å². The molecule has 2 atom stereocenters. The maximum Gasteiger partial charge on any atom is 0.329 e. The molecule has 1 aromatic heterocycles. The van der Waals surface area contributed by atoms with Crippen LogP contribution in [0.3, 0.4) is 0 Å². The van der Waals surface area contributed by atoms with Gasteiger partial charge >= 0.3 is 18.0 Å². The minimum Gasteiger partial charge on any atom is -0.481 e. The van der Waals surface area contributed by atoms with Crippen molar-refractivity contribution >= 4 is 41.2 Å². The minimum absolute atomic E-state index is 0.00774. The van der Waals surface area contributed by atoms with Crippen LogP contribution < -0.4 is 10.6 Å². The maximum atomic E-state index is 13.7. The van der Waals surface area contributed by atoms with E-state index in [0.29, 0.717) is 0 Å². The normalized spacial score (nSPS) is 12.3. The van der Waals surface area contributed by atoms with Gasteiger partial charge in [-0.2, -0.15) is 11.8 Å². The summed E-state index contributed by atoms with van der Waals surface area (Å²) in [6.45, 7) is 0. The largest absolute Gasteiger partial charge is 0.481 e. The van der Waals surface area contributed by atoms with E-state index in [0.717, 1.165) is 18.9 Å². The van der Waals surface area contributed by atoms with Gasteiger partial charge < -0.3 is 20.5 Å². The molecule has 170 valence electrons. The van der Waals surface area contributed by atoms with Crippen molar-refractivity contribution in [1.82, 2.24) is 10.3 Å². The molecule has 0 radical (unpaired) electrons. The van der Waals surface area contributed by atoms with Crippen LogP contribution in [0.15, 0.2) is 48.8 Å². The van der Waals surface area contributed by atoms with Crippen LogP contribution >= 0.6 is 11.8 Å². The Morgan fingerprint density at radius 2 is 1.91 bits per heavy atom. The fraction of sp³-hybridized carbons (Fsp3) is 0.286. The van der Waals surface area contributed by atoms with Gasteiger partial charge in [-0.15, -0.1) is 0 Å². The third-order valence-electron chi connectivity index (χ3n) is 4.25. The van der Waals surface area contributed by atoms with Crippen molar-refractivity contribution in [1.29, 1.82) is 0 Å². The molecule has 1 unspecified atom stereocenters. The lowest BCUT2D eigenvalue weighted by atomic mass is 9.97. The molecular formula is C21H22FN3O6S. The quantitative estimate of drug-likeness (QED) is 0.342. The zero-order valence-electron chi connectivity index (χ0n) is 17.1. The van der Waals surface area contributed by atoms with Gasteiger partial charge in [-0.3, -0.25) is 14.6 Å². The van der Waals surface area contributed by atoms with Crippen molar-refractivity contribution in [3.8, 4) is 0 Å². The highest BCUT2D eigenvalue weighted by molar-refractivity contribution is 7.99. The first-order chi connectivity index (χ1) is 15.3. The van der Waals surface area contributed by atoms with Crippen LogP contribution in [0.2, 0.25) is 0 Å². The number of esters is 1. The molecular weight excluding hydrogens is 441 g/mol. The Hall–Kier alpha value is -3.47. The van der Waals surface area contributed by atoms with E-state index < -0.39 is 42.2 Å². The monoisotopic (exact) mass is 463 g/mol. The summed E-state index contributed by atoms with van der Waals surface area (Å²) in [5.41, 5.74) is 0.219. The lowest BCUT2D eigenvalue weighted by molar-refractivity contribution is -0.142. The number of thioether (sulfide) groups is 1. The Morgan fingerprint density at radius 1 is 1.16 bits per heavy atom. The number of carboxylic acid groups (broad SMARTS) is 1. The molecule has 32 heavy (non-hydrogen) atoms. The van der Waals surface area contributed by atoms with Crippen molar-refractivity contribution in [2.24, 2.45) is 5.92 Å². The number of rotatable bonds is 11. The number of hydrogen-bond donors (Lipinski definition) is 3. The van der Waals surface area contributed by atoms with E-state index in [4.69, 9.17) is 5.11 Å². The van der Waals surface area contributed by atoms with Crippen LogP contribution in [0.1, 0.15) is 16.8 Å². The molecule has 0 aliphatic heterocycles. The van der Waals surface area contributed by atoms with Crippen molar-refractivity contribution in [2.45, 2.75) is 12.5 Å². The minimum atomic E-state index is -1.14. The molecule has 9 nitrogen and oxygen atoms in total. The first kappa shape index (κ1) is 24.8. The number of methoxy groups -OCH3 is 1. The first-order valence-corrected chi connectivity index (χ1v) is 10.6. The Balaban J connectivity index is 1.99. The highest BCUT2D eigenvalue weighted by atomic mass is 32.2. The van der Waals surface area contributed by atoms with Crippen molar-refractivity contribution in [3.63, 3.8) is 0 Å². The molecule has 0 bridgehead atoms. The molecule has 0 aliphatic rings. The average molecular weight is 463 g/mol. The van der Waals surface area contributed by atoms with Crippen molar-refractivity contribution in [3.05, 3.63) is 60.2 Å². The molecule has 0 saturated heterocycles. The predicted octanol–water partition coefficient (Wildman–Crippen LogP) is 2.59. The van der Waals surface area contributed by atoms with Crippen LogP contribution in [0, 0.1) is 11.7 Å². The number of carbonyl (C=O) groups is 4. The molecule has 2 amide bonds. The Bertz CT molecular complexity index is 960. The number of carbonyl (C=O) groups excluding carboxylic acids is 3. The number of nitrogens with zero attached hydrogens (tertiary/aromatic N) is 1. The Morgan fingerprint density at radius 3 is 2.53 bits per heavy atom. The van der Waals surface area contributed by atoms with Crippen LogP contribution in [-0.2, 0) is 14.3 Å². The van der Waals surface area contributed by atoms with Gasteiger partial charge in [-0.05, 0) is 24.3 Å². The highest BCUT2D eigenvalue weighted by Gasteiger charge is 2.26. The van der Waals surface area contributed by atoms with Gasteiger partial charge in [-0.1, -0.05) is 12.1 Å². The Labute approximate surface area is 187 Å². The van der Waals surface area contributed by atoms with Crippen LogP contribution in [0.4, 0.5) is 14.9 Å². The molecule has 3 N–H and O–H groups in total. The van der Waals surface area contributed by atoms with E-state index in [1.807, 2.05) is 0 Å². The zero-order chi connectivity index (χ0) is 23.5. The molecule has 1 aromatic carbocycles. The van der Waals surface area contributed by atoms with Gasteiger partial charge in [0.25, 0.3) is 0 Å². The number of para-hydroxylation sites is 1. The van der Waals surface area contributed by atoms with Crippen molar-refractivity contribution < 1.29 is 33.4 Å². The van der Waals surface area contributed by atoms with Gasteiger partial charge in [0.05, 0.1) is 19.2 Å². The number of anilines is 1. The number of ether oxygens (including phenoxy) is 1. The van der Waals surface area contributed by atoms with E-state index in [1.165, 1.54) is 36.7 Å². The second-order valence-corrected chi connectivity index (χ2v) is 7.67. The molecule has 11 heteroatoms. The summed E-state index contributed by atoms with van der Waals surface area (Å²) in [5, 5.41) is 13.8. The number of halogens is 1. The number of benzene rings is 1. The van der Waals surface area contributed by atoms with Gasteiger partial charge in [0.1, 0.15) is 11.9 Å². The maximum absolute atomic E-state index is 13.7. The smallest absolute Gasteiger partial charge is 0.329 e. The fourth-order valence-corrected chi connectivity index (χ4v) is 3.85. The number of nitrogens with one attached hydrogen (secondary N) is 2. The molecule has 1 heterocycles. The number of hydrogen-bond acceptors (Lipinski definition) is 7. The number of amides is 2. The molecule has 0 saturated carbocycles. The van der Waals surface area contributed by atoms with Gasteiger partial charge in [0.15, 0.2) is 5.78 Å². The molecule has 2 rings (SSSR count). The van der Waals surface area contributed by atoms with Gasteiger partial charge in [0, 0.05) is 35.4 Å². The summed E-state index contributed by atoms with van der Waals surface area (Å²) >= 11 is 1.11. The summed E-state index contributed by atoms with van der Waals surface area (Å²) in [6, 6.07) is 6.73. The second-order valence-electron chi connectivity index (χ2n) is 6.59. The van der Waals surface area contributed by atoms with E-state index in [1.54, 1.807) is 12.1 Å². The summed E-state index contributed by atoms with van der Waals surface area (Å²) in [5.74, 6) is -3.66. The second kappa shape index (κ2) is 12.4. The summed E-state index contributed by atoms with van der Waals surface area (Å²) in [7, 11) is 1.15. The zero-order valence-corrected chi connectivity index (χ0v) is 17.9. The number of aliphatic carboxylic acids is 1. The van der Waals surface area contributed by atoms with E-state index in [2.05, 4.69) is 20.4 Å². The van der Waals surface area contributed by atoms with E-state index >= 15 is 0 Å². The van der Waals surface area contributed by atoms with E-state index in [-0.39, 0.29) is 28.5 Å². The molecule has 0 spiro atoms. The number of aromatic nitrogens is 1. The standard InChI is InChI=1S/C21H22FN3O6S/c1-31-20(29)17(25-21(30)24-16-7-3-2-6-15(16)22)12-32-11-14(9-18(26)27)19(28)13-5-4-8-23-10-13/h2-8,10,14,17H,9,11-12H2,1H3,(H,26,27)(H2,24,25,30)/t14?,17-/m0/s1. The number of urea groups is 1. The lowest BCUT2D eigenvalue weighted by Gasteiger charge is -2.18. The SMILES string of the molecule is COC(=O)[C@H](CSCC(CC(=O)O)C(=O)c1cccnc1)NC(=O)Nc1ccccc1F. The third kappa shape index (κ3) is 7.65. The topological polar surface area (TPSA) is 135 Å². The third-order valence-corrected chi connectivity index (χ3v) is 5.46. The van der Waals surface area contributed by atoms with Crippen LogP contribution in [0.5, 0.6) is 0 Å². The van der Waals surface area contributed by atoms with Crippen LogP contribution in [-0.4, -0.2) is 58.5 Å². The number of Topliss-reactive ketones (excluding diaryl/α,β-unsaturated/α-hetero) is 1. The predicted molar refractivity (Wildman–Crippen MR) is 116 cm³/mol.